The number of hydrogen-bond donors (Lipinski definition) is 0. The first-order valence-electron chi connectivity index (χ1n) is 9.68. The fraction of sp³-hybridized carbons (Fsp3) is 0.261. The molecule has 1 aliphatic carbocycles. The van der Waals surface area contributed by atoms with Crippen LogP contribution in [-0.4, -0.2) is 22.2 Å². The average molecular weight is 387 g/mol. The molecule has 0 unspecified atom stereocenters. The van der Waals surface area contributed by atoms with Crippen molar-refractivity contribution in [3.63, 3.8) is 0 Å². The molecule has 0 bridgehead atoms. The Morgan fingerprint density at radius 2 is 1.86 bits per heavy atom. The maximum atomic E-state index is 5.61. The lowest BCUT2D eigenvalue weighted by Gasteiger charge is -2.02. The van der Waals surface area contributed by atoms with E-state index in [1.165, 1.54) is 11.1 Å². The molecule has 0 radical (unpaired) electrons. The Morgan fingerprint density at radius 1 is 1.03 bits per heavy atom. The van der Waals surface area contributed by atoms with Crippen LogP contribution in [0.3, 0.4) is 0 Å². The van der Waals surface area contributed by atoms with Crippen LogP contribution in [0, 0.1) is 6.92 Å². The summed E-state index contributed by atoms with van der Waals surface area (Å²) in [6.07, 6.45) is 3.17. The Labute approximate surface area is 168 Å². The van der Waals surface area contributed by atoms with Crippen LogP contribution in [0.2, 0.25) is 0 Å². The summed E-state index contributed by atoms with van der Waals surface area (Å²) in [5.41, 5.74) is 4.35. The van der Waals surface area contributed by atoms with Gasteiger partial charge in [-0.1, -0.05) is 29.4 Å². The first-order valence-corrected chi connectivity index (χ1v) is 9.68. The Hall–Kier alpha value is -3.41. The molecule has 6 nitrogen and oxygen atoms in total. The smallest absolute Gasteiger partial charge is 0.230 e. The fourth-order valence-corrected chi connectivity index (χ4v) is 3.72. The molecule has 2 aromatic heterocycles. The molecule has 1 fully saturated rings. The molecule has 5 rings (SSSR count). The molecule has 0 N–H and O–H groups in total. The quantitative estimate of drug-likeness (QED) is 0.468. The molecule has 146 valence electrons. The molecular formula is C23H21N3O3. The summed E-state index contributed by atoms with van der Waals surface area (Å²) in [5, 5.41) is 4.14. The van der Waals surface area contributed by atoms with Crippen molar-refractivity contribution in [1.82, 2.24) is 15.1 Å². The van der Waals surface area contributed by atoms with Gasteiger partial charge >= 0.3 is 0 Å². The molecule has 2 atom stereocenters. The Balaban J connectivity index is 1.26. The van der Waals surface area contributed by atoms with Gasteiger partial charge in [0.2, 0.25) is 11.8 Å². The van der Waals surface area contributed by atoms with Crippen LogP contribution in [-0.2, 0) is 6.42 Å². The molecule has 1 saturated carbocycles. The van der Waals surface area contributed by atoms with Gasteiger partial charge in [-0.3, -0.25) is 0 Å². The Kier molecular flexibility index (Phi) is 4.39. The third-order valence-corrected chi connectivity index (χ3v) is 5.41. The van der Waals surface area contributed by atoms with Gasteiger partial charge in [-0.25, -0.2) is 4.98 Å². The van der Waals surface area contributed by atoms with E-state index in [0.29, 0.717) is 35.9 Å². The third kappa shape index (κ3) is 3.53. The molecule has 4 aromatic rings. The van der Waals surface area contributed by atoms with Crippen LogP contribution in [0.25, 0.3) is 11.5 Å². The van der Waals surface area contributed by atoms with Crippen LogP contribution >= 0.6 is 0 Å². The van der Waals surface area contributed by atoms with Crippen molar-refractivity contribution in [3.05, 3.63) is 83.3 Å². The second-order valence-electron chi connectivity index (χ2n) is 7.40. The van der Waals surface area contributed by atoms with Crippen molar-refractivity contribution in [2.75, 3.05) is 7.11 Å². The lowest BCUT2D eigenvalue weighted by atomic mass is 10.0. The minimum Gasteiger partial charge on any atom is -0.497 e. The molecular weight excluding hydrogens is 366 g/mol. The lowest BCUT2D eigenvalue weighted by molar-refractivity contribution is 0.373. The number of nitrogens with zero attached hydrogens (tertiary/aromatic N) is 3. The summed E-state index contributed by atoms with van der Waals surface area (Å²) in [6, 6.07) is 16.1. The largest absolute Gasteiger partial charge is 0.497 e. The summed E-state index contributed by atoms with van der Waals surface area (Å²) >= 11 is 0. The molecule has 0 amide bonds. The van der Waals surface area contributed by atoms with E-state index in [1.807, 2.05) is 24.3 Å². The first kappa shape index (κ1) is 17.7. The minimum atomic E-state index is 0.310. The summed E-state index contributed by atoms with van der Waals surface area (Å²) < 4.78 is 16.3. The predicted molar refractivity (Wildman–Crippen MR) is 107 cm³/mol. The van der Waals surface area contributed by atoms with E-state index in [9.17, 15) is 0 Å². The van der Waals surface area contributed by atoms with Gasteiger partial charge in [0, 0.05) is 11.5 Å². The van der Waals surface area contributed by atoms with Gasteiger partial charge in [-0.05, 0) is 54.7 Å². The average Bonchev–Trinajstić information content (AvgIpc) is 3.17. The SMILES string of the molecule is COc1ccc(-c2nc(Cc3noc([C@@H]4C[C@H]4c4ccccc4C)n3)co2)cc1. The molecule has 2 aromatic carbocycles. The highest BCUT2D eigenvalue weighted by molar-refractivity contribution is 5.54. The van der Waals surface area contributed by atoms with Crippen LogP contribution in [0.4, 0.5) is 0 Å². The third-order valence-electron chi connectivity index (χ3n) is 5.41. The van der Waals surface area contributed by atoms with Crippen LogP contribution in [0.5, 0.6) is 5.75 Å². The second kappa shape index (κ2) is 7.20. The van der Waals surface area contributed by atoms with Crippen LogP contribution in [0.1, 0.15) is 46.8 Å². The number of benzene rings is 2. The number of aryl methyl sites for hydroxylation is 1. The molecule has 29 heavy (non-hydrogen) atoms. The zero-order chi connectivity index (χ0) is 19.8. The standard InChI is InChI=1S/C23H21N3O3/c1-14-5-3-4-6-18(14)19-12-20(19)23-25-21(26-29-23)11-16-13-28-22(24-16)15-7-9-17(27-2)10-8-15/h3-10,13,19-20H,11-12H2,1-2H3/t19-,20+/m0/s1. The molecule has 0 aliphatic heterocycles. The highest BCUT2D eigenvalue weighted by Gasteiger charge is 2.44. The van der Waals surface area contributed by atoms with Gasteiger partial charge in [0.05, 0.1) is 19.2 Å². The minimum absolute atomic E-state index is 0.310. The van der Waals surface area contributed by atoms with Gasteiger partial charge in [-0.15, -0.1) is 0 Å². The van der Waals surface area contributed by atoms with Crippen molar-refractivity contribution in [2.24, 2.45) is 0 Å². The molecule has 0 spiro atoms. The fourth-order valence-electron chi connectivity index (χ4n) is 3.72. The highest BCUT2D eigenvalue weighted by atomic mass is 16.5. The van der Waals surface area contributed by atoms with E-state index >= 15 is 0 Å². The Morgan fingerprint density at radius 3 is 2.66 bits per heavy atom. The summed E-state index contributed by atoms with van der Waals surface area (Å²) in [4.78, 5) is 9.15. The molecule has 0 saturated heterocycles. The van der Waals surface area contributed by atoms with E-state index in [2.05, 4.69) is 46.3 Å². The van der Waals surface area contributed by atoms with E-state index in [-0.39, 0.29) is 0 Å². The van der Waals surface area contributed by atoms with Gasteiger partial charge in [-0.2, -0.15) is 4.98 Å². The number of ether oxygens (including phenoxy) is 1. The zero-order valence-corrected chi connectivity index (χ0v) is 16.3. The van der Waals surface area contributed by atoms with Crippen molar-refractivity contribution in [2.45, 2.75) is 31.6 Å². The Bertz CT molecular complexity index is 1130. The highest BCUT2D eigenvalue weighted by Crippen LogP contribution is 2.54. The summed E-state index contributed by atoms with van der Waals surface area (Å²) in [7, 11) is 1.64. The van der Waals surface area contributed by atoms with Crippen molar-refractivity contribution < 1.29 is 13.7 Å². The second-order valence-corrected chi connectivity index (χ2v) is 7.40. The number of aromatic nitrogens is 3. The van der Waals surface area contributed by atoms with E-state index in [4.69, 9.17) is 13.7 Å². The number of rotatable bonds is 6. The monoisotopic (exact) mass is 387 g/mol. The van der Waals surface area contributed by atoms with Gasteiger partial charge < -0.3 is 13.7 Å². The number of methoxy groups -OCH3 is 1. The topological polar surface area (TPSA) is 74.2 Å². The van der Waals surface area contributed by atoms with Gasteiger partial charge in [0.25, 0.3) is 0 Å². The molecule has 6 heteroatoms. The number of hydrogen-bond acceptors (Lipinski definition) is 6. The molecule has 2 heterocycles. The van der Waals surface area contributed by atoms with Gasteiger partial charge in [0.1, 0.15) is 12.0 Å². The van der Waals surface area contributed by atoms with Crippen LogP contribution < -0.4 is 4.74 Å². The van der Waals surface area contributed by atoms with Gasteiger partial charge in [0.15, 0.2) is 5.82 Å². The van der Waals surface area contributed by atoms with Crippen molar-refractivity contribution in [1.29, 1.82) is 0 Å². The predicted octanol–water partition coefficient (Wildman–Crippen LogP) is 4.90. The van der Waals surface area contributed by atoms with E-state index in [0.717, 1.165) is 23.4 Å². The normalized spacial score (nSPS) is 18.0. The maximum Gasteiger partial charge on any atom is 0.230 e. The summed E-state index contributed by atoms with van der Waals surface area (Å²) in [5.74, 6) is 3.48. The maximum absolute atomic E-state index is 5.61. The summed E-state index contributed by atoms with van der Waals surface area (Å²) in [6.45, 7) is 2.15. The first-order chi connectivity index (χ1) is 14.2. The van der Waals surface area contributed by atoms with Crippen LogP contribution in [0.15, 0.2) is 63.7 Å². The lowest BCUT2D eigenvalue weighted by Crippen LogP contribution is -1.92. The van der Waals surface area contributed by atoms with Crippen molar-refractivity contribution >= 4 is 0 Å². The van der Waals surface area contributed by atoms with E-state index < -0.39 is 0 Å². The number of oxazole rings is 1. The molecule has 1 aliphatic rings. The van der Waals surface area contributed by atoms with E-state index in [1.54, 1.807) is 13.4 Å². The van der Waals surface area contributed by atoms with Crippen molar-refractivity contribution in [3.8, 4) is 17.2 Å². The zero-order valence-electron chi connectivity index (χ0n) is 16.3.